The van der Waals surface area contributed by atoms with Crippen molar-refractivity contribution in [1.82, 2.24) is 0 Å². The van der Waals surface area contributed by atoms with Crippen molar-refractivity contribution in [3.63, 3.8) is 0 Å². The Morgan fingerprint density at radius 2 is 1.61 bits per heavy atom. The average molecular weight is 261 g/mol. The molecule has 0 aliphatic rings. The molecule has 18 heavy (non-hydrogen) atoms. The molecule has 0 saturated heterocycles. The molecule has 3 heteroatoms. The van der Waals surface area contributed by atoms with E-state index >= 15 is 0 Å². The molecule has 0 spiro atoms. The van der Waals surface area contributed by atoms with Gasteiger partial charge in [0.25, 0.3) is 0 Å². The van der Waals surface area contributed by atoms with Gasteiger partial charge in [-0.1, -0.05) is 54.1 Å². The summed E-state index contributed by atoms with van der Waals surface area (Å²) in [7, 11) is 0. The Morgan fingerprint density at radius 3 is 2.28 bits per heavy atom. The van der Waals surface area contributed by atoms with Gasteiger partial charge in [0.2, 0.25) is 0 Å². The fourth-order valence-corrected chi connectivity index (χ4v) is 1.68. The summed E-state index contributed by atoms with van der Waals surface area (Å²) >= 11 is 5.77. The third-order valence-corrected chi connectivity index (χ3v) is 2.76. The number of benzene rings is 2. The van der Waals surface area contributed by atoms with E-state index in [0.717, 1.165) is 11.1 Å². The Hall–Kier alpha value is -1.80. The molecule has 0 fully saturated rings. The molecule has 0 N–H and O–H groups in total. The summed E-state index contributed by atoms with van der Waals surface area (Å²) in [4.78, 5) is 11.6. The Balaban J connectivity index is 1.83. The third-order valence-electron chi connectivity index (χ3n) is 2.50. The van der Waals surface area contributed by atoms with Crippen LogP contribution in [0.2, 0.25) is 5.02 Å². The number of rotatable bonds is 4. The highest BCUT2D eigenvalue weighted by Gasteiger charge is 2.04. The minimum absolute atomic E-state index is 0.226. The SMILES string of the molecule is O=C(Cc1ccccc1)OCc1ccc(Cl)cc1. The first-order valence-corrected chi connectivity index (χ1v) is 6.06. The molecule has 0 heterocycles. The molecule has 92 valence electrons. The number of esters is 1. The lowest BCUT2D eigenvalue weighted by atomic mass is 10.1. The van der Waals surface area contributed by atoms with Gasteiger partial charge in [-0.05, 0) is 23.3 Å². The van der Waals surface area contributed by atoms with Gasteiger partial charge in [-0.2, -0.15) is 0 Å². The summed E-state index contributed by atoms with van der Waals surface area (Å²) in [6, 6.07) is 16.8. The van der Waals surface area contributed by atoms with Crippen molar-refractivity contribution in [3.8, 4) is 0 Å². The summed E-state index contributed by atoms with van der Waals surface area (Å²) < 4.78 is 5.19. The molecule has 0 amide bonds. The Labute approximate surface area is 111 Å². The van der Waals surface area contributed by atoms with Crippen LogP contribution >= 0.6 is 11.6 Å². The highest BCUT2D eigenvalue weighted by atomic mass is 35.5. The molecule has 0 aliphatic carbocycles. The van der Waals surface area contributed by atoms with Gasteiger partial charge in [0.1, 0.15) is 6.61 Å². The highest BCUT2D eigenvalue weighted by molar-refractivity contribution is 6.30. The van der Waals surface area contributed by atoms with Crippen LogP contribution in [0.3, 0.4) is 0 Å². The standard InChI is InChI=1S/C15H13ClO2/c16-14-8-6-13(7-9-14)11-18-15(17)10-12-4-2-1-3-5-12/h1-9H,10-11H2. The van der Waals surface area contributed by atoms with Crippen LogP contribution in [0.5, 0.6) is 0 Å². The fraction of sp³-hybridized carbons (Fsp3) is 0.133. The van der Waals surface area contributed by atoms with Crippen molar-refractivity contribution in [2.75, 3.05) is 0 Å². The first-order chi connectivity index (χ1) is 8.74. The van der Waals surface area contributed by atoms with Gasteiger partial charge >= 0.3 is 5.97 Å². The van der Waals surface area contributed by atoms with Crippen molar-refractivity contribution in [3.05, 3.63) is 70.7 Å². The molecule has 2 rings (SSSR count). The van der Waals surface area contributed by atoms with Gasteiger partial charge in [0.05, 0.1) is 6.42 Å². The van der Waals surface area contributed by atoms with E-state index in [9.17, 15) is 4.79 Å². The molecule has 0 atom stereocenters. The quantitative estimate of drug-likeness (QED) is 0.785. The van der Waals surface area contributed by atoms with Gasteiger partial charge in [-0.15, -0.1) is 0 Å². The molecular formula is C15H13ClO2. The van der Waals surface area contributed by atoms with Crippen LogP contribution in [0.1, 0.15) is 11.1 Å². The van der Waals surface area contributed by atoms with Gasteiger partial charge in [0, 0.05) is 5.02 Å². The van der Waals surface area contributed by atoms with Crippen molar-refractivity contribution in [1.29, 1.82) is 0 Å². The van der Waals surface area contributed by atoms with Gasteiger partial charge in [-0.25, -0.2) is 0 Å². The summed E-state index contributed by atoms with van der Waals surface area (Å²) in [6.45, 7) is 0.281. The predicted molar refractivity (Wildman–Crippen MR) is 71.4 cm³/mol. The molecule has 2 nitrogen and oxygen atoms in total. The number of hydrogen-bond donors (Lipinski definition) is 0. The lowest BCUT2D eigenvalue weighted by Gasteiger charge is -2.05. The minimum atomic E-state index is -0.226. The second kappa shape index (κ2) is 6.22. The zero-order valence-corrected chi connectivity index (χ0v) is 10.6. The van der Waals surface area contributed by atoms with Crippen molar-refractivity contribution < 1.29 is 9.53 Å². The van der Waals surface area contributed by atoms with E-state index < -0.39 is 0 Å². The van der Waals surface area contributed by atoms with Gasteiger partial charge < -0.3 is 4.74 Å². The van der Waals surface area contributed by atoms with Crippen LogP contribution in [0, 0.1) is 0 Å². The van der Waals surface area contributed by atoms with E-state index in [0.29, 0.717) is 11.4 Å². The van der Waals surface area contributed by atoms with Crippen LogP contribution in [0.4, 0.5) is 0 Å². The summed E-state index contributed by atoms with van der Waals surface area (Å²) in [5.41, 5.74) is 1.89. The first-order valence-electron chi connectivity index (χ1n) is 5.68. The van der Waals surface area contributed by atoms with Crippen LogP contribution in [-0.4, -0.2) is 5.97 Å². The molecule has 0 aromatic heterocycles. The van der Waals surface area contributed by atoms with Crippen molar-refractivity contribution in [2.24, 2.45) is 0 Å². The topological polar surface area (TPSA) is 26.3 Å². The second-order valence-corrected chi connectivity index (χ2v) is 4.39. The number of ether oxygens (including phenoxy) is 1. The zero-order chi connectivity index (χ0) is 12.8. The molecule has 0 saturated carbocycles. The number of halogens is 1. The number of carbonyl (C=O) groups excluding carboxylic acids is 1. The van der Waals surface area contributed by atoms with Crippen LogP contribution < -0.4 is 0 Å². The molecule has 2 aromatic rings. The molecular weight excluding hydrogens is 248 g/mol. The maximum Gasteiger partial charge on any atom is 0.310 e. The van der Waals surface area contributed by atoms with E-state index in [-0.39, 0.29) is 12.6 Å². The van der Waals surface area contributed by atoms with Crippen molar-refractivity contribution >= 4 is 17.6 Å². The normalized spacial score (nSPS) is 10.1. The smallest absolute Gasteiger partial charge is 0.310 e. The van der Waals surface area contributed by atoms with Crippen molar-refractivity contribution in [2.45, 2.75) is 13.0 Å². The zero-order valence-electron chi connectivity index (χ0n) is 9.80. The largest absolute Gasteiger partial charge is 0.461 e. The van der Waals surface area contributed by atoms with Crippen LogP contribution in [-0.2, 0) is 22.6 Å². The first kappa shape index (κ1) is 12.7. The highest BCUT2D eigenvalue weighted by Crippen LogP contribution is 2.10. The number of hydrogen-bond acceptors (Lipinski definition) is 2. The monoisotopic (exact) mass is 260 g/mol. The maximum atomic E-state index is 11.6. The Morgan fingerprint density at radius 1 is 0.944 bits per heavy atom. The van der Waals surface area contributed by atoms with E-state index in [2.05, 4.69) is 0 Å². The van der Waals surface area contributed by atoms with E-state index in [4.69, 9.17) is 16.3 Å². The maximum absolute atomic E-state index is 11.6. The lowest BCUT2D eigenvalue weighted by molar-refractivity contribution is -0.144. The molecule has 0 unspecified atom stereocenters. The molecule has 0 bridgehead atoms. The van der Waals surface area contributed by atoms with E-state index in [1.54, 1.807) is 12.1 Å². The fourth-order valence-electron chi connectivity index (χ4n) is 1.56. The average Bonchev–Trinajstić information content (AvgIpc) is 2.39. The van der Waals surface area contributed by atoms with Gasteiger partial charge in [-0.3, -0.25) is 4.79 Å². The number of carbonyl (C=O) groups is 1. The Bertz CT molecular complexity index is 506. The van der Waals surface area contributed by atoms with E-state index in [1.807, 2.05) is 42.5 Å². The van der Waals surface area contributed by atoms with E-state index in [1.165, 1.54) is 0 Å². The summed E-state index contributed by atoms with van der Waals surface area (Å²) in [5, 5.41) is 0.675. The summed E-state index contributed by atoms with van der Waals surface area (Å²) in [5.74, 6) is -0.226. The molecule has 0 aliphatic heterocycles. The second-order valence-electron chi connectivity index (χ2n) is 3.95. The lowest BCUT2D eigenvalue weighted by Crippen LogP contribution is -2.07. The Kier molecular flexibility index (Phi) is 4.37. The third kappa shape index (κ3) is 3.90. The molecule has 2 aromatic carbocycles. The predicted octanol–water partition coefficient (Wildman–Crippen LogP) is 3.63. The molecule has 0 radical (unpaired) electrons. The van der Waals surface area contributed by atoms with Crippen LogP contribution in [0.15, 0.2) is 54.6 Å². The van der Waals surface area contributed by atoms with Crippen LogP contribution in [0.25, 0.3) is 0 Å². The minimum Gasteiger partial charge on any atom is -0.461 e. The summed E-state index contributed by atoms with van der Waals surface area (Å²) in [6.07, 6.45) is 0.300. The van der Waals surface area contributed by atoms with Gasteiger partial charge in [0.15, 0.2) is 0 Å².